The molecule has 0 aliphatic carbocycles. The zero-order chi connectivity index (χ0) is 25.6. The Morgan fingerprint density at radius 2 is 1.80 bits per heavy atom. The standard InChI is InChI=1S/C24H28Cl2F3N3O3/c1-31(2)14-18-4-3-9-32(18)10-11-34-21-8-6-17(13-20(21)26)30-23(33)15-35-22-7-5-16(12-19(22)25)24(27,28)29/h5-8,12-13,18H,3-4,9-11,14-15H2,1-2H3,(H,30,33). The molecule has 1 saturated heterocycles. The summed E-state index contributed by atoms with van der Waals surface area (Å²) in [6.45, 7) is 2.93. The highest BCUT2D eigenvalue weighted by Crippen LogP contribution is 2.34. The van der Waals surface area contributed by atoms with Crippen LogP contribution in [0.3, 0.4) is 0 Å². The van der Waals surface area contributed by atoms with Gasteiger partial charge >= 0.3 is 6.18 Å². The highest BCUT2D eigenvalue weighted by Gasteiger charge is 2.31. The van der Waals surface area contributed by atoms with Crippen LogP contribution in [-0.4, -0.2) is 68.7 Å². The van der Waals surface area contributed by atoms with Crippen molar-refractivity contribution in [1.82, 2.24) is 9.80 Å². The van der Waals surface area contributed by atoms with Gasteiger partial charge in [0.15, 0.2) is 6.61 Å². The van der Waals surface area contributed by atoms with E-state index in [1.54, 1.807) is 18.2 Å². The van der Waals surface area contributed by atoms with Crippen molar-refractivity contribution in [3.63, 3.8) is 0 Å². The zero-order valence-corrected chi connectivity index (χ0v) is 21.0. The Labute approximate surface area is 212 Å². The number of carbonyl (C=O) groups excluding carboxylic acids is 1. The second-order valence-corrected chi connectivity index (χ2v) is 9.38. The first-order valence-corrected chi connectivity index (χ1v) is 11.9. The number of likely N-dealkylation sites (tertiary alicyclic amines) is 1. The third-order valence-electron chi connectivity index (χ3n) is 5.54. The second kappa shape index (κ2) is 12.2. The van der Waals surface area contributed by atoms with Gasteiger partial charge in [0.05, 0.1) is 15.6 Å². The maximum absolute atomic E-state index is 12.7. The van der Waals surface area contributed by atoms with Crippen molar-refractivity contribution in [2.75, 3.05) is 52.3 Å². The van der Waals surface area contributed by atoms with Crippen LogP contribution in [0.5, 0.6) is 11.5 Å². The maximum Gasteiger partial charge on any atom is 0.416 e. The van der Waals surface area contributed by atoms with Gasteiger partial charge in [-0.2, -0.15) is 13.2 Å². The summed E-state index contributed by atoms with van der Waals surface area (Å²) in [6.07, 6.45) is -2.15. The van der Waals surface area contributed by atoms with Gasteiger partial charge in [-0.15, -0.1) is 0 Å². The molecule has 1 unspecified atom stereocenters. The fourth-order valence-electron chi connectivity index (χ4n) is 3.92. The largest absolute Gasteiger partial charge is 0.491 e. The van der Waals surface area contributed by atoms with Crippen molar-refractivity contribution in [3.8, 4) is 11.5 Å². The molecule has 1 aliphatic heterocycles. The number of nitrogens with zero attached hydrogens (tertiary/aromatic N) is 2. The molecular formula is C24H28Cl2F3N3O3. The predicted molar refractivity (Wildman–Crippen MR) is 131 cm³/mol. The Morgan fingerprint density at radius 1 is 1.11 bits per heavy atom. The molecule has 0 spiro atoms. The Bertz CT molecular complexity index is 1020. The molecule has 2 aromatic rings. The van der Waals surface area contributed by atoms with Gasteiger partial charge in [-0.25, -0.2) is 0 Å². The molecule has 1 aliphatic rings. The lowest BCUT2D eigenvalue weighted by Crippen LogP contribution is -2.39. The first kappa shape index (κ1) is 27.4. The Hall–Kier alpha value is -2.20. The third kappa shape index (κ3) is 8.17. The van der Waals surface area contributed by atoms with Crippen LogP contribution in [-0.2, 0) is 11.0 Å². The lowest BCUT2D eigenvalue weighted by atomic mass is 10.2. The maximum atomic E-state index is 12.7. The predicted octanol–water partition coefficient (Wildman–Crippen LogP) is 5.43. The van der Waals surface area contributed by atoms with E-state index >= 15 is 0 Å². The first-order valence-electron chi connectivity index (χ1n) is 11.1. The number of benzene rings is 2. The monoisotopic (exact) mass is 533 g/mol. The number of ether oxygens (including phenoxy) is 2. The summed E-state index contributed by atoms with van der Waals surface area (Å²) in [4.78, 5) is 16.8. The number of halogens is 5. The molecule has 1 amide bonds. The van der Waals surface area contributed by atoms with Crippen LogP contribution in [0.4, 0.5) is 18.9 Å². The molecule has 1 N–H and O–H groups in total. The molecule has 192 valence electrons. The van der Waals surface area contributed by atoms with Gasteiger partial charge in [0.1, 0.15) is 18.1 Å². The summed E-state index contributed by atoms with van der Waals surface area (Å²) >= 11 is 12.2. The molecule has 6 nitrogen and oxygen atoms in total. The summed E-state index contributed by atoms with van der Waals surface area (Å²) in [5, 5.41) is 2.73. The Kier molecular flexibility index (Phi) is 9.52. The number of hydrogen-bond donors (Lipinski definition) is 1. The van der Waals surface area contributed by atoms with E-state index in [2.05, 4.69) is 29.2 Å². The minimum absolute atomic E-state index is 0.0255. The van der Waals surface area contributed by atoms with Crippen LogP contribution in [0.1, 0.15) is 18.4 Å². The van der Waals surface area contributed by atoms with Gasteiger partial charge in [0.2, 0.25) is 0 Å². The van der Waals surface area contributed by atoms with Crippen molar-refractivity contribution in [2.45, 2.75) is 25.1 Å². The molecule has 1 fully saturated rings. The van der Waals surface area contributed by atoms with Crippen LogP contribution in [0, 0.1) is 0 Å². The molecule has 35 heavy (non-hydrogen) atoms. The van der Waals surface area contributed by atoms with Crippen LogP contribution >= 0.6 is 23.2 Å². The normalized spacial score (nSPS) is 16.5. The Morgan fingerprint density at radius 3 is 2.46 bits per heavy atom. The lowest BCUT2D eigenvalue weighted by molar-refractivity contribution is -0.137. The Balaban J connectivity index is 1.46. The van der Waals surface area contributed by atoms with E-state index in [0.29, 0.717) is 29.1 Å². The highest BCUT2D eigenvalue weighted by atomic mass is 35.5. The van der Waals surface area contributed by atoms with E-state index in [-0.39, 0.29) is 10.8 Å². The van der Waals surface area contributed by atoms with E-state index in [0.717, 1.165) is 37.8 Å². The minimum atomic E-state index is -4.52. The summed E-state index contributed by atoms with van der Waals surface area (Å²) < 4.78 is 49.3. The van der Waals surface area contributed by atoms with Gasteiger partial charge in [-0.05, 0) is 69.9 Å². The summed E-state index contributed by atoms with van der Waals surface area (Å²) in [5.74, 6) is -0.0325. The van der Waals surface area contributed by atoms with Crippen LogP contribution < -0.4 is 14.8 Å². The van der Waals surface area contributed by atoms with Gasteiger partial charge in [0, 0.05) is 24.8 Å². The van der Waals surface area contributed by atoms with Crippen LogP contribution in [0.15, 0.2) is 36.4 Å². The van der Waals surface area contributed by atoms with Gasteiger partial charge in [0.25, 0.3) is 5.91 Å². The van der Waals surface area contributed by atoms with E-state index in [9.17, 15) is 18.0 Å². The fourth-order valence-corrected chi connectivity index (χ4v) is 4.39. The molecule has 0 aromatic heterocycles. The van der Waals surface area contributed by atoms with Gasteiger partial charge < -0.3 is 19.7 Å². The van der Waals surface area contributed by atoms with E-state index in [4.69, 9.17) is 32.7 Å². The average Bonchev–Trinajstić information content (AvgIpc) is 3.19. The fraction of sp³-hybridized carbons (Fsp3) is 0.458. The smallest absolute Gasteiger partial charge is 0.416 e. The molecule has 0 bridgehead atoms. The average molecular weight is 534 g/mol. The second-order valence-electron chi connectivity index (χ2n) is 8.57. The van der Waals surface area contributed by atoms with Crippen molar-refractivity contribution in [1.29, 1.82) is 0 Å². The van der Waals surface area contributed by atoms with Crippen molar-refractivity contribution in [3.05, 3.63) is 52.0 Å². The van der Waals surface area contributed by atoms with Crippen molar-refractivity contribution in [2.24, 2.45) is 0 Å². The summed E-state index contributed by atoms with van der Waals surface area (Å²) in [7, 11) is 4.15. The summed E-state index contributed by atoms with van der Waals surface area (Å²) in [6, 6.07) is 8.07. The SMILES string of the molecule is CN(C)CC1CCCN1CCOc1ccc(NC(=O)COc2ccc(C(F)(F)F)cc2Cl)cc1Cl. The molecule has 11 heteroatoms. The van der Waals surface area contributed by atoms with E-state index < -0.39 is 24.3 Å². The number of carbonyl (C=O) groups is 1. The first-order chi connectivity index (χ1) is 16.5. The number of likely N-dealkylation sites (N-methyl/N-ethyl adjacent to an activating group) is 1. The number of amides is 1. The zero-order valence-electron chi connectivity index (χ0n) is 19.5. The molecular weight excluding hydrogens is 506 g/mol. The molecule has 0 radical (unpaired) electrons. The summed E-state index contributed by atoms with van der Waals surface area (Å²) in [5.41, 5.74) is -0.467. The topological polar surface area (TPSA) is 54.0 Å². The molecule has 1 heterocycles. The quantitative estimate of drug-likeness (QED) is 0.441. The number of nitrogens with one attached hydrogen (secondary N) is 1. The molecule has 1 atom stereocenters. The van der Waals surface area contributed by atoms with Gasteiger partial charge in [-0.1, -0.05) is 23.2 Å². The lowest BCUT2D eigenvalue weighted by Gasteiger charge is -2.26. The molecule has 3 rings (SSSR count). The minimum Gasteiger partial charge on any atom is -0.491 e. The molecule has 0 saturated carbocycles. The molecule has 2 aromatic carbocycles. The third-order valence-corrected chi connectivity index (χ3v) is 6.14. The van der Waals surface area contributed by atoms with Crippen LogP contribution in [0.2, 0.25) is 10.0 Å². The number of hydrogen-bond acceptors (Lipinski definition) is 5. The number of rotatable bonds is 10. The highest BCUT2D eigenvalue weighted by molar-refractivity contribution is 6.32. The number of anilines is 1. The van der Waals surface area contributed by atoms with E-state index in [1.807, 2.05) is 0 Å². The van der Waals surface area contributed by atoms with Crippen molar-refractivity contribution >= 4 is 34.8 Å². The van der Waals surface area contributed by atoms with Gasteiger partial charge in [-0.3, -0.25) is 9.69 Å². The van der Waals surface area contributed by atoms with E-state index in [1.165, 1.54) is 12.8 Å². The number of alkyl halides is 3. The van der Waals surface area contributed by atoms with Crippen LogP contribution in [0.25, 0.3) is 0 Å². The van der Waals surface area contributed by atoms with Crippen molar-refractivity contribution < 1.29 is 27.4 Å².